The molecule has 0 saturated heterocycles. The molecule has 0 aromatic heterocycles. The number of hydrogen-bond donors (Lipinski definition) is 0. The van der Waals surface area contributed by atoms with Crippen LogP contribution in [-0.2, 0) is 67.5 Å². The van der Waals surface area contributed by atoms with Crippen molar-refractivity contribution < 1.29 is 67.5 Å². The molecule has 0 aliphatic rings. The molecule has 0 N–H and O–H groups in total. The Morgan fingerprint density at radius 2 is 1.00 bits per heavy atom. The summed E-state index contributed by atoms with van der Waals surface area (Å²) >= 11 is 0.400. The minimum atomic E-state index is 0. The Balaban J connectivity index is -0.00000000114. The fourth-order valence-corrected chi connectivity index (χ4v) is 0. The number of rotatable bonds is 0. The third-order valence-electron chi connectivity index (χ3n) is 0. The molecular weight excluding hydrogens is 738 g/mol. The van der Waals surface area contributed by atoms with Crippen molar-refractivity contribution in [2.75, 3.05) is 0 Å². The maximum absolute atomic E-state index is 8.38. The summed E-state index contributed by atoms with van der Waals surface area (Å²) in [6, 6.07) is 0. The zero-order valence-corrected chi connectivity index (χ0v) is 23.9. The molecule has 0 aromatic carbocycles. The summed E-state index contributed by atoms with van der Waals surface area (Å²) in [6.45, 7) is 0. The SMILES string of the molecule is [Ag].[InH2].[InH3].[O]=[SnH].[O]=[Sn].[Zn].[Zn]. The summed E-state index contributed by atoms with van der Waals surface area (Å²) < 4.78 is 16.7. The molecule has 2 nitrogen and oxygen atoms in total. The number of hydrogen-bond acceptors (Lipinski definition) is 2. The van der Waals surface area contributed by atoms with Crippen LogP contribution in [0.15, 0.2) is 0 Å². The molecule has 0 rings (SSSR count). The Kier molecular flexibility index (Phi) is 408. The first-order chi connectivity index (χ1) is 2.00. The molecule has 0 saturated carbocycles. The quantitative estimate of drug-likeness (QED) is 0.243. The first-order valence-electron chi connectivity index (χ1n) is 0.440. The van der Waals surface area contributed by atoms with Gasteiger partial charge in [0.25, 0.3) is 0 Å². The molecule has 0 aliphatic carbocycles. The molecule has 47 valence electrons. The Labute approximate surface area is 160 Å². The van der Waals surface area contributed by atoms with Crippen LogP contribution in [0.1, 0.15) is 0 Å². The summed E-state index contributed by atoms with van der Waals surface area (Å²) in [6.07, 6.45) is 0. The average Bonchev–Trinajstić information content (AvgIpc) is 1.50. The van der Waals surface area contributed by atoms with E-state index in [4.69, 9.17) is 6.15 Å². The molecule has 0 atom stereocenters. The molecular formula is H6AgIn2O2Sn2Zn2. The topological polar surface area (TPSA) is 34.1 Å². The van der Waals surface area contributed by atoms with E-state index in [1.165, 1.54) is 0 Å². The van der Waals surface area contributed by atoms with Crippen LogP contribution in [0.3, 0.4) is 0 Å². The van der Waals surface area contributed by atoms with Crippen LogP contribution >= 0.6 is 0 Å². The van der Waals surface area contributed by atoms with Gasteiger partial charge in [0.15, 0.2) is 0 Å². The maximum Gasteiger partial charge on any atom is 0 e. The molecule has 9 heavy (non-hydrogen) atoms. The van der Waals surface area contributed by atoms with E-state index in [0.717, 1.165) is 0 Å². The summed E-state index contributed by atoms with van der Waals surface area (Å²) in [5.74, 6) is 0. The molecule has 9 heteroatoms. The zero-order valence-electron chi connectivity index (χ0n) is 4.61. The fraction of sp³-hybridized carbons (Fsp3) is 0. The van der Waals surface area contributed by atoms with Crippen molar-refractivity contribution in [2.24, 2.45) is 0 Å². The van der Waals surface area contributed by atoms with Crippen LogP contribution in [0.25, 0.3) is 0 Å². The van der Waals surface area contributed by atoms with Crippen LogP contribution in [0.5, 0.6) is 0 Å². The van der Waals surface area contributed by atoms with E-state index in [-0.39, 0.29) is 136 Å². The van der Waals surface area contributed by atoms with Gasteiger partial charge < -0.3 is 0 Å². The van der Waals surface area contributed by atoms with E-state index in [9.17, 15) is 0 Å². The van der Waals surface area contributed by atoms with Gasteiger partial charge in [-0.15, -0.1) is 0 Å². The smallest absolute Gasteiger partial charge is 0 e. The van der Waals surface area contributed by atoms with Gasteiger partial charge in [-0.1, -0.05) is 0 Å². The van der Waals surface area contributed by atoms with E-state index >= 15 is 0 Å². The van der Waals surface area contributed by atoms with Gasteiger partial charge in [-0.2, -0.15) is 0 Å². The molecule has 0 fully saturated rings. The van der Waals surface area contributed by atoms with Gasteiger partial charge in [0, 0.05) is 61.3 Å². The second-order valence-corrected chi connectivity index (χ2v) is 0. The molecule has 0 unspecified atom stereocenters. The molecule has 0 amide bonds. The van der Waals surface area contributed by atoms with Crippen molar-refractivity contribution in [1.29, 1.82) is 0 Å². The van der Waals surface area contributed by atoms with Crippen molar-refractivity contribution >= 4 is 96.7 Å². The van der Waals surface area contributed by atoms with Crippen LogP contribution in [0, 0.1) is 0 Å². The molecule has 0 heterocycles. The van der Waals surface area contributed by atoms with Crippen LogP contribution in [0.2, 0.25) is 0 Å². The average molecular weight is 744 g/mol. The standard InChI is InChI=1S/Ag.2In.2O.2Sn.2Zn.6H. The monoisotopic (exact) mass is 742 g/mol. The Morgan fingerprint density at radius 3 is 1.00 bits per heavy atom. The third kappa shape index (κ3) is 63.6. The van der Waals surface area contributed by atoms with E-state index < -0.39 is 0 Å². The summed E-state index contributed by atoms with van der Waals surface area (Å²) in [5.41, 5.74) is 0. The largest absolute Gasteiger partial charge is 0 e. The minimum absolute atomic E-state index is 0. The van der Waals surface area contributed by atoms with E-state index in [1.54, 1.807) is 0 Å². The van der Waals surface area contributed by atoms with E-state index in [1.807, 2.05) is 0 Å². The van der Waals surface area contributed by atoms with Crippen LogP contribution in [-0.4, -0.2) is 96.7 Å². The van der Waals surface area contributed by atoms with E-state index in [2.05, 4.69) is 0 Å². The Morgan fingerprint density at radius 1 is 1.00 bits per heavy atom. The van der Waals surface area contributed by atoms with Gasteiger partial charge in [-0.25, -0.2) is 0 Å². The van der Waals surface area contributed by atoms with Crippen molar-refractivity contribution in [1.82, 2.24) is 0 Å². The maximum atomic E-state index is 8.38. The molecule has 0 bridgehead atoms. The van der Waals surface area contributed by atoms with Gasteiger partial charge in [-0.3, -0.25) is 0 Å². The van der Waals surface area contributed by atoms with Gasteiger partial charge >= 0.3 is 103 Å². The van der Waals surface area contributed by atoms with Crippen LogP contribution in [0.4, 0.5) is 0 Å². The zero-order chi connectivity index (χ0) is 4.00. The Bertz CT molecular complexity index is 22.5. The summed E-state index contributed by atoms with van der Waals surface area (Å²) in [5, 5.41) is 0. The van der Waals surface area contributed by atoms with Gasteiger partial charge in [0.2, 0.25) is 0 Å². The normalized spacial score (nSPS) is 0.889. The minimum Gasteiger partial charge on any atom is 0 e. The van der Waals surface area contributed by atoms with Gasteiger partial charge in [0.05, 0.1) is 0 Å². The molecule has 0 spiro atoms. The Hall–Kier alpha value is 4.92. The predicted octanol–water partition coefficient (Wildman–Crippen LogP) is -3.37. The van der Waals surface area contributed by atoms with Crippen molar-refractivity contribution in [3.05, 3.63) is 0 Å². The van der Waals surface area contributed by atoms with Gasteiger partial charge in [-0.05, 0) is 0 Å². The second-order valence-electron chi connectivity index (χ2n) is 0. The third-order valence-corrected chi connectivity index (χ3v) is 0. The van der Waals surface area contributed by atoms with Crippen LogP contribution < -0.4 is 0 Å². The molecule has 0 aromatic rings. The second kappa shape index (κ2) is 75.8. The predicted molar refractivity (Wildman–Crippen MR) is 32.8 cm³/mol. The van der Waals surface area contributed by atoms with Crippen molar-refractivity contribution in [3.8, 4) is 0 Å². The van der Waals surface area contributed by atoms with Gasteiger partial charge in [0.1, 0.15) is 0 Å². The van der Waals surface area contributed by atoms with Crippen molar-refractivity contribution in [3.63, 3.8) is 0 Å². The first-order valence-corrected chi connectivity index (χ1v) is 2.95. The fourth-order valence-electron chi connectivity index (χ4n) is 0. The molecule has 0 aliphatic heterocycles. The first kappa shape index (κ1) is 48.5. The van der Waals surface area contributed by atoms with E-state index in [0.29, 0.717) is 22.5 Å². The molecule has 5 radical (unpaired) electrons. The summed E-state index contributed by atoms with van der Waals surface area (Å²) in [7, 11) is 0. The summed E-state index contributed by atoms with van der Waals surface area (Å²) in [4.78, 5) is 0. The van der Waals surface area contributed by atoms with Crippen molar-refractivity contribution in [2.45, 2.75) is 0 Å².